The topological polar surface area (TPSA) is 29.5 Å². The lowest BCUT2D eigenvalue weighted by Gasteiger charge is -2.22. The van der Waals surface area contributed by atoms with Crippen LogP contribution in [0, 0.1) is 0 Å². The van der Waals surface area contributed by atoms with Gasteiger partial charge < -0.3 is 9.64 Å². The average molecular weight is 257 g/mol. The standard InChI is InChI=1S/C16H19NO2/c1-3-19-16(18)15-12-17(2)10-9-14(15)11-13-7-5-4-6-8-13/h4-9,12H,3,10-11H2,1-2H3. The highest BCUT2D eigenvalue weighted by Crippen LogP contribution is 2.21. The van der Waals surface area contributed by atoms with E-state index in [1.165, 1.54) is 5.56 Å². The summed E-state index contributed by atoms with van der Waals surface area (Å²) in [4.78, 5) is 14.0. The van der Waals surface area contributed by atoms with Gasteiger partial charge in [0.1, 0.15) is 0 Å². The summed E-state index contributed by atoms with van der Waals surface area (Å²) in [6.07, 6.45) is 4.73. The number of carbonyl (C=O) groups is 1. The van der Waals surface area contributed by atoms with Crippen LogP contribution in [-0.2, 0) is 16.0 Å². The van der Waals surface area contributed by atoms with Crippen LogP contribution in [0.5, 0.6) is 0 Å². The molecule has 0 aromatic heterocycles. The molecule has 0 spiro atoms. The zero-order chi connectivity index (χ0) is 13.7. The molecule has 3 heteroatoms. The SMILES string of the molecule is CCOC(=O)C1=CN(C)CC=C1Cc1ccccc1. The van der Waals surface area contributed by atoms with Crippen LogP contribution >= 0.6 is 0 Å². The van der Waals surface area contributed by atoms with Crippen molar-refractivity contribution in [3.8, 4) is 0 Å². The number of likely N-dealkylation sites (N-methyl/N-ethyl adjacent to an activating group) is 1. The van der Waals surface area contributed by atoms with Crippen LogP contribution in [0.15, 0.2) is 53.8 Å². The largest absolute Gasteiger partial charge is 0.462 e. The Balaban J connectivity index is 2.18. The summed E-state index contributed by atoms with van der Waals surface area (Å²) in [5.74, 6) is -0.240. The van der Waals surface area contributed by atoms with Gasteiger partial charge >= 0.3 is 5.97 Å². The second-order valence-electron chi connectivity index (χ2n) is 4.59. The molecule has 0 N–H and O–H groups in total. The van der Waals surface area contributed by atoms with Crippen molar-refractivity contribution in [3.63, 3.8) is 0 Å². The van der Waals surface area contributed by atoms with Gasteiger partial charge in [0, 0.05) is 19.8 Å². The van der Waals surface area contributed by atoms with E-state index in [0.717, 1.165) is 18.5 Å². The van der Waals surface area contributed by atoms with Crippen LogP contribution in [0.25, 0.3) is 0 Å². The van der Waals surface area contributed by atoms with Gasteiger partial charge in [-0.25, -0.2) is 4.79 Å². The molecule has 0 amide bonds. The third-order valence-corrected chi connectivity index (χ3v) is 3.05. The molecular formula is C16H19NO2. The van der Waals surface area contributed by atoms with Crippen molar-refractivity contribution < 1.29 is 9.53 Å². The Morgan fingerprint density at radius 3 is 2.74 bits per heavy atom. The fourth-order valence-electron chi connectivity index (χ4n) is 2.10. The average Bonchev–Trinajstić information content (AvgIpc) is 2.42. The summed E-state index contributed by atoms with van der Waals surface area (Å²) >= 11 is 0. The van der Waals surface area contributed by atoms with Gasteiger partial charge in [0.05, 0.1) is 12.2 Å². The molecule has 19 heavy (non-hydrogen) atoms. The van der Waals surface area contributed by atoms with E-state index in [-0.39, 0.29) is 5.97 Å². The van der Waals surface area contributed by atoms with Crippen LogP contribution in [0.4, 0.5) is 0 Å². The minimum atomic E-state index is -0.240. The second-order valence-corrected chi connectivity index (χ2v) is 4.59. The van der Waals surface area contributed by atoms with Crippen molar-refractivity contribution >= 4 is 5.97 Å². The minimum Gasteiger partial charge on any atom is -0.462 e. The third kappa shape index (κ3) is 3.47. The maximum absolute atomic E-state index is 12.0. The highest BCUT2D eigenvalue weighted by atomic mass is 16.5. The molecule has 1 aliphatic rings. The second kappa shape index (κ2) is 6.23. The van der Waals surface area contributed by atoms with E-state index in [2.05, 4.69) is 18.2 Å². The van der Waals surface area contributed by atoms with E-state index >= 15 is 0 Å². The third-order valence-electron chi connectivity index (χ3n) is 3.05. The zero-order valence-electron chi connectivity index (χ0n) is 11.4. The van der Waals surface area contributed by atoms with Crippen molar-refractivity contribution in [1.29, 1.82) is 0 Å². The molecule has 1 aliphatic heterocycles. The summed E-state index contributed by atoms with van der Waals surface area (Å²) in [6.45, 7) is 3.05. The van der Waals surface area contributed by atoms with E-state index in [4.69, 9.17) is 4.74 Å². The Hall–Kier alpha value is -2.03. The molecule has 1 aromatic rings. The van der Waals surface area contributed by atoms with Crippen LogP contribution < -0.4 is 0 Å². The summed E-state index contributed by atoms with van der Waals surface area (Å²) < 4.78 is 5.12. The number of esters is 1. The first-order valence-corrected chi connectivity index (χ1v) is 6.53. The Labute approximate surface area is 114 Å². The molecule has 0 unspecified atom stereocenters. The van der Waals surface area contributed by atoms with E-state index in [1.54, 1.807) is 0 Å². The van der Waals surface area contributed by atoms with Gasteiger partial charge in [0.25, 0.3) is 0 Å². The van der Waals surface area contributed by atoms with E-state index in [1.807, 2.05) is 43.3 Å². The summed E-state index contributed by atoms with van der Waals surface area (Å²) in [6, 6.07) is 10.2. The van der Waals surface area contributed by atoms with Crippen LogP contribution in [0.1, 0.15) is 12.5 Å². The predicted molar refractivity (Wildman–Crippen MR) is 75.6 cm³/mol. The predicted octanol–water partition coefficient (Wildman–Crippen LogP) is 2.55. The lowest BCUT2D eigenvalue weighted by atomic mass is 9.96. The Kier molecular flexibility index (Phi) is 4.39. The van der Waals surface area contributed by atoms with Crippen molar-refractivity contribution in [3.05, 3.63) is 59.3 Å². The quantitative estimate of drug-likeness (QED) is 0.776. The van der Waals surface area contributed by atoms with Crippen molar-refractivity contribution in [2.75, 3.05) is 20.2 Å². The molecule has 0 aliphatic carbocycles. The lowest BCUT2D eigenvalue weighted by Crippen LogP contribution is -2.22. The Morgan fingerprint density at radius 1 is 1.32 bits per heavy atom. The van der Waals surface area contributed by atoms with Gasteiger partial charge in [-0.05, 0) is 24.5 Å². The first-order chi connectivity index (χ1) is 9.20. The number of rotatable bonds is 4. The van der Waals surface area contributed by atoms with E-state index in [9.17, 15) is 4.79 Å². The molecule has 2 rings (SSSR count). The number of ether oxygens (including phenoxy) is 1. The smallest absolute Gasteiger partial charge is 0.339 e. The summed E-state index contributed by atoms with van der Waals surface area (Å²) in [5.41, 5.74) is 2.91. The summed E-state index contributed by atoms with van der Waals surface area (Å²) in [7, 11) is 1.95. The van der Waals surface area contributed by atoms with Crippen molar-refractivity contribution in [2.45, 2.75) is 13.3 Å². The molecule has 0 saturated heterocycles. The normalized spacial score (nSPS) is 14.7. The molecule has 0 atom stereocenters. The Bertz CT molecular complexity index is 503. The van der Waals surface area contributed by atoms with Gasteiger partial charge in [-0.3, -0.25) is 0 Å². The number of hydrogen-bond donors (Lipinski definition) is 0. The monoisotopic (exact) mass is 257 g/mol. The molecule has 0 radical (unpaired) electrons. The van der Waals surface area contributed by atoms with Crippen LogP contribution in [-0.4, -0.2) is 31.1 Å². The molecule has 1 aromatic carbocycles. The lowest BCUT2D eigenvalue weighted by molar-refractivity contribution is -0.138. The molecular weight excluding hydrogens is 238 g/mol. The van der Waals surface area contributed by atoms with Gasteiger partial charge in [-0.1, -0.05) is 36.4 Å². The molecule has 0 fully saturated rings. The zero-order valence-corrected chi connectivity index (χ0v) is 11.4. The molecule has 1 heterocycles. The number of hydrogen-bond acceptors (Lipinski definition) is 3. The van der Waals surface area contributed by atoms with Gasteiger partial charge in [-0.2, -0.15) is 0 Å². The van der Waals surface area contributed by atoms with Gasteiger partial charge in [0.2, 0.25) is 0 Å². The van der Waals surface area contributed by atoms with E-state index < -0.39 is 0 Å². The first kappa shape index (κ1) is 13.4. The first-order valence-electron chi connectivity index (χ1n) is 6.53. The summed E-state index contributed by atoms with van der Waals surface area (Å²) in [5, 5.41) is 0. The fraction of sp³-hybridized carbons (Fsp3) is 0.312. The molecule has 0 bridgehead atoms. The Morgan fingerprint density at radius 2 is 2.05 bits per heavy atom. The number of carbonyl (C=O) groups excluding carboxylic acids is 1. The number of benzene rings is 1. The van der Waals surface area contributed by atoms with Crippen LogP contribution in [0.2, 0.25) is 0 Å². The number of nitrogens with zero attached hydrogens (tertiary/aromatic N) is 1. The minimum absolute atomic E-state index is 0.240. The maximum atomic E-state index is 12.0. The molecule has 0 saturated carbocycles. The highest BCUT2D eigenvalue weighted by Gasteiger charge is 2.19. The molecule has 100 valence electrons. The highest BCUT2D eigenvalue weighted by molar-refractivity contribution is 5.93. The van der Waals surface area contributed by atoms with Crippen molar-refractivity contribution in [2.24, 2.45) is 0 Å². The maximum Gasteiger partial charge on any atom is 0.339 e. The van der Waals surface area contributed by atoms with Crippen LogP contribution in [0.3, 0.4) is 0 Å². The van der Waals surface area contributed by atoms with Crippen molar-refractivity contribution in [1.82, 2.24) is 4.90 Å². The van der Waals surface area contributed by atoms with E-state index in [0.29, 0.717) is 12.2 Å². The fourth-order valence-corrected chi connectivity index (χ4v) is 2.10. The molecule has 3 nitrogen and oxygen atoms in total. The van der Waals surface area contributed by atoms with Gasteiger partial charge in [0.15, 0.2) is 0 Å². The van der Waals surface area contributed by atoms with Gasteiger partial charge in [-0.15, -0.1) is 0 Å².